The minimum absolute atomic E-state index is 0.184. The highest BCUT2D eigenvalue weighted by atomic mass is 19.1. The molecule has 0 radical (unpaired) electrons. The van der Waals surface area contributed by atoms with Gasteiger partial charge in [-0.3, -0.25) is 4.99 Å². The van der Waals surface area contributed by atoms with E-state index in [4.69, 9.17) is 0 Å². The quantitative estimate of drug-likeness (QED) is 0.418. The van der Waals surface area contributed by atoms with Gasteiger partial charge in [-0.1, -0.05) is 26.0 Å². The van der Waals surface area contributed by atoms with E-state index in [-0.39, 0.29) is 5.82 Å². The van der Waals surface area contributed by atoms with Crippen molar-refractivity contribution in [2.75, 3.05) is 39.8 Å². The van der Waals surface area contributed by atoms with Crippen molar-refractivity contribution in [3.05, 3.63) is 35.6 Å². The molecule has 124 valence electrons. The minimum atomic E-state index is -0.184. The van der Waals surface area contributed by atoms with Crippen molar-refractivity contribution in [1.29, 1.82) is 0 Å². The fourth-order valence-corrected chi connectivity index (χ4v) is 2.29. The van der Waals surface area contributed by atoms with E-state index >= 15 is 0 Å². The number of rotatable bonds is 9. The lowest BCUT2D eigenvalue weighted by atomic mass is 10.1. The molecule has 0 atom stereocenters. The van der Waals surface area contributed by atoms with Gasteiger partial charge in [0.1, 0.15) is 5.82 Å². The minimum Gasteiger partial charge on any atom is -0.356 e. The number of hydrogen-bond donors (Lipinski definition) is 2. The van der Waals surface area contributed by atoms with Crippen LogP contribution in [0.2, 0.25) is 0 Å². The van der Waals surface area contributed by atoms with Gasteiger partial charge in [0.05, 0.1) is 0 Å². The second-order valence-corrected chi connectivity index (χ2v) is 5.19. The van der Waals surface area contributed by atoms with Crippen LogP contribution in [0.25, 0.3) is 0 Å². The lowest BCUT2D eigenvalue weighted by Crippen LogP contribution is -2.39. The van der Waals surface area contributed by atoms with E-state index < -0.39 is 0 Å². The van der Waals surface area contributed by atoms with Gasteiger partial charge in [-0.15, -0.1) is 0 Å². The van der Waals surface area contributed by atoms with Crippen molar-refractivity contribution < 1.29 is 4.39 Å². The Morgan fingerprint density at radius 2 is 1.91 bits per heavy atom. The van der Waals surface area contributed by atoms with E-state index in [2.05, 4.69) is 34.4 Å². The van der Waals surface area contributed by atoms with Crippen molar-refractivity contribution in [3.63, 3.8) is 0 Å². The molecule has 0 saturated heterocycles. The van der Waals surface area contributed by atoms with Gasteiger partial charge in [-0.05, 0) is 50.2 Å². The zero-order chi connectivity index (χ0) is 16.2. The largest absolute Gasteiger partial charge is 0.356 e. The molecule has 0 amide bonds. The van der Waals surface area contributed by atoms with Crippen molar-refractivity contribution in [2.45, 2.75) is 26.7 Å². The molecule has 1 aromatic rings. The first-order chi connectivity index (χ1) is 10.7. The second-order valence-electron chi connectivity index (χ2n) is 5.19. The van der Waals surface area contributed by atoms with Crippen LogP contribution in [0, 0.1) is 5.82 Å². The van der Waals surface area contributed by atoms with E-state index in [1.165, 1.54) is 6.07 Å². The topological polar surface area (TPSA) is 39.7 Å². The molecule has 0 aliphatic rings. The van der Waals surface area contributed by atoms with Crippen molar-refractivity contribution in [1.82, 2.24) is 15.5 Å². The highest BCUT2D eigenvalue weighted by molar-refractivity contribution is 5.79. The first-order valence-electron chi connectivity index (χ1n) is 8.10. The third-order valence-corrected chi connectivity index (χ3v) is 3.66. The van der Waals surface area contributed by atoms with Crippen molar-refractivity contribution in [3.8, 4) is 0 Å². The summed E-state index contributed by atoms with van der Waals surface area (Å²) in [5.74, 6) is 0.618. The van der Waals surface area contributed by atoms with Gasteiger partial charge in [-0.25, -0.2) is 4.39 Å². The van der Waals surface area contributed by atoms with E-state index in [0.29, 0.717) is 0 Å². The number of benzene rings is 1. The molecule has 22 heavy (non-hydrogen) atoms. The standard InChI is InChI=1S/C17H29FN4/c1-4-22(5-2)13-7-11-20-17(19-3)21-12-10-15-8-6-9-16(18)14-15/h6,8-9,14H,4-5,7,10-13H2,1-3H3,(H2,19,20,21). The molecule has 0 aromatic heterocycles. The third-order valence-electron chi connectivity index (χ3n) is 3.66. The van der Waals surface area contributed by atoms with Crippen LogP contribution in [0.4, 0.5) is 4.39 Å². The molecule has 0 heterocycles. The van der Waals surface area contributed by atoms with Gasteiger partial charge in [-0.2, -0.15) is 0 Å². The zero-order valence-corrected chi connectivity index (χ0v) is 14.0. The van der Waals surface area contributed by atoms with Crippen LogP contribution in [0.1, 0.15) is 25.8 Å². The summed E-state index contributed by atoms with van der Waals surface area (Å²) in [4.78, 5) is 6.61. The maximum Gasteiger partial charge on any atom is 0.190 e. The van der Waals surface area contributed by atoms with E-state index in [1.54, 1.807) is 19.2 Å². The molecule has 0 aliphatic heterocycles. The zero-order valence-electron chi connectivity index (χ0n) is 14.0. The van der Waals surface area contributed by atoms with Crippen LogP contribution in [-0.2, 0) is 6.42 Å². The van der Waals surface area contributed by atoms with Crippen LogP contribution in [0.15, 0.2) is 29.3 Å². The predicted molar refractivity (Wildman–Crippen MR) is 91.9 cm³/mol. The predicted octanol–water partition coefficient (Wildman–Crippen LogP) is 2.27. The smallest absolute Gasteiger partial charge is 0.190 e. The highest BCUT2D eigenvalue weighted by Crippen LogP contribution is 2.03. The molecule has 0 fully saturated rings. The molecule has 2 N–H and O–H groups in total. The van der Waals surface area contributed by atoms with Crippen LogP contribution < -0.4 is 10.6 Å². The first kappa shape index (κ1) is 18.4. The Morgan fingerprint density at radius 1 is 1.18 bits per heavy atom. The Kier molecular flexibility index (Phi) is 9.23. The molecule has 1 rings (SSSR count). The van der Waals surface area contributed by atoms with E-state index in [9.17, 15) is 4.39 Å². The van der Waals surface area contributed by atoms with Crippen LogP contribution in [0.5, 0.6) is 0 Å². The van der Waals surface area contributed by atoms with E-state index in [1.807, 2.05) is 6.07 Å². The molecular formula is C17H29FN4. The second kappa shape index (κ2) is 11.0. The van der Waals surface area contributed by atoms with Gasteiger partial charge in [0.2, 0.25) is 0 Å². The fraction of sp³-hybridized carbons (Fsp3) is 0.588. The lowest BCUT2D eigenvalue weighted by molar-refractivity contribution is 0.300. The SMILES string of the molecule is CCN(CC)CCCNC(=NC)NCCc1cccc(F)c1. The molecule has 0 unspecified atom stereocenters. The summed E-state index contributed by atoms with van der Waals surface area (Å²) in [7, 11) is 1.77. The lowest BCUT2D eigenvalue weighted by Gasteiger charge is -2.18. The van der Waals surface area contributed by atoms with Crippen LogP contribution in [-0.4, -0.2) is 50.6 Å². The number of nitrogens with zero attached hydrogens (tertiary/aromatic N) is 2. The first-order valence-corrected chi connectivity index (χ1v) is 8.10. The molecule has 0 bridgehead atoms. The summed E-state index contributed by atoms with van der Waals surface area (Å²) in [5.41, 5.74) is 0.990. The fourth-order valence-electron chi connectivity index (χ4n) is 2.29. The number of nitrogens with one attached hydrogen (secondary N) is 2. The van der Waals surface area contributed by atoms with Gasteiger partial charge >= 0.3 is 0 Å². The number of guanidine groups is 1. The average Bonchev–Trinajstić information content (AvgIpc) is 2.53. The third kappa shape index (κ3) is 7.41. The van der Waals surface area contributed by atoms with Gasteiger partial charge in [0.15, 0.2) is 5.96 Å². The van der Waals surface area contributed by atoms with Crippen LogP contribution in [0.3, 0.4) is 0 Å². The van der Waals surface area contributed by atoms with Gasteiger partial charge in [0.25, 0.3) is 0 Å². The van der Waals surface area contributed by atoms with Crippen molar-refractivity contribution in [2.24, 2.45) is 4.99 Å². The normalized spacial score (nSPS) is 11.8. The molecule has 0 spiro atoms. The Balaban J connectivity index is 2.20. The maximum absolute atomic E-state index is 13.1. The summed E-state index contributed by atoms with van der Waals surface area (Å²) in [6, 6.07) is 6.71. The number of aliphatic imine (C=N–C) groups is 1. The number of halogens is 1. The Labute approximate surface area is 133 Å². The van der Waals surface area contributed by atoms with Gasteiger partial charge < -0.3 is 15.5 Å². The number of hydrogen-bond acceptors (Lipinski definition) is 2. The molecule has 1 aromatic carbocycles. The monoisotopic (exact) mass is 308 g/mol. The summed E-state index contributed by atoms with van der Waals surface area (Å²) in [6.07, 6.45) is 1.87. The Morgan fingerprint density at radius 3 is 2.55 bits per heavy atom. The highest BCUT2D eigenvalue weighted by Gasteiger charge is 2.01. The summed E-state index contributed by atoms with van der Waals surface area (Å²) >= 11 is 0. The molecule has 5 heteroatoms. The average molecular weight is 308 g/mol. The van der Waals surface area contributed by atoms with E-state index in [0.717, 1.165) is 57.1 Å². The Bertz CT molecular complexity index is 444. The summed E-state index contributed by atoms with van der Waals surface area (Å²) in [5, 5.41) is 6.57. The maximum atomic E-state index is 13.1. The summed E-state index contributed by atoms with van der Waals surface area (Å²) < 4.78 is 13.1. The molecule has 4 nitrogen and oxygen atoms in total. The van der Waals surface area contributed by atoms with Crippen LogP contribution >= 0.6 is 0 Å². The molecule has 0 saturated carbocycles. The molecule has 0 aliphatic carbocycles. The molecular weight excluding hydrogens is 279 g/mol. The summed E-state index contributed by atoms with van der Waals surface area (Å²) in [6.45, 7) is 9.29. The van der Waals surface area contributed by atoms with Gasteiger partial charge in [0, 0.05) is 20.1 Å². The van der Waals surface area contributed by atoms with Crippen molar-refractivity contribution >= 4 is 5.96 Å². The Hall–Kier alpha value is -1.62.